The number of amides is 1. The molecule has 0 aliphatic heterocycles. The molecule has 0 aromatic rings. The molecule has 69 heavy (non-hydrogen) atoms. The number of aliphatic hydroxyl groups excluding tert-OH is 1. The lowest BCUT2D eigenvalue weighted by atomic mass is 10.0. The van der Waals surface area contributed by atoms with Gasteiger partial charge in [-0.3, -0.25) is 9.36 Å². The fraction of sp³-hybridized carbons (Fsp3) is 0.983. The van der Waals surface area contributed by atoms with Crippen LogP contribution in [0.15, 0.2) is 0 Å². The van der Waals surface area contributed by atoms with Crippen LogP contribution in [0.4, 0.5) is 0 Å². The van der Waals surface area contributed by atoms with Crippen molar-refractivity contribution in [2.75, 3.05) is 40.9 Å². The lowest BCUT2D eigenvalue weighted by Gasteiger charge is -2.30. The molecule has 0 saturated carbocycles. The third-order valence-corrected chi connectivity index (χ3v) is 15.6. The summed E-state index contributed by atoms with van der Waals surface area (Å²) >= 11 is 0. The Morgan fingerprint density at radius 1 is 0.449 bits per heavy atom. The molecule has 0 fully saturated rings. The van der Waals surface area contributed by atoms with Crippen LogP contribution in [-0.4, -0.2) is 68.5 Å². The van der Waals surface area contributed by atoms with Gasteiger partial charge in [-0.1, -0.05) is 309 Å². The van der Waals surface area contributed by atoms with E-state index < -0.39 is 20.0 Å². The van der Waals surface area contributed by atoms with Crippen LogP contribution in [0.3, 0.4) is 0 Å². The number of unbranched alkanes of at least 4 members (excludes halogenated alkanes) is 45. The van der Waals surface area contributed by atoms with Gasteiger partial charge in [0, 0.05) is 6.42 Å². The molecule has 3 unspecified atom stereocenters. The zero-order valence-electron chi connectivity index (χ0n) is 47.3. The molecule has 0 aromatic carbocycles. The van der Waals surface area contributed by atoms with E-state index >= 15 is 0 Å². The van der Waals surface area contributed by atoms with Gasteiger partial charge in [0.15, 0.2) is 0 Å². The van der Waals surface area contributed by atoms with Gasteiger partial charge in [0.25, 0.3) is 7.82 Å². The Balaban J connectivity index is 4.06. The zero-order valence-corrected chi connectivity index (χ0v) is 48.2. The first-order valence-corrected chi connectivity index (χ1v) is 32.3. The summed E-state index contributed by atoms with van der Waals surface area (Å²) in [5.41, 5.74) is 0. The number of aliphatic hydroxyl groups is 1. The minimum atomic E-state index is -4.57. The number of hydrogen-bond acceptors (Lipinski definition) is 6. The highest BCUT2D eigenvalue weighted by Gasteiger charge is 2.24. The van der Waals surface area contributed by atoms with Gasteiger partial charge < -0.3 is 28.8 Å². The number of quaternary nitrogens is 1. The molecule has 1 amide bonds. The molecule has 8 nitrogen and oxygen atoms in total. The van der Waals surface area contributed by atoms with Gasteiger partial charge in [-0.05, 0) is 12.8 Å². The lowest BCUT2D eigenvalue weighted by molar-refractivity contribution is -0.870. The maximum atomic E-state index is 13.0. The summed E-state index contributed by atoms with van der Waals surface area (Å²) in [5, 5.41) is 14.1. The SMILES string of the molecule is CCCCCCCCCCCCCCCCCCCCCCCCCCCCCC(=O)NC(COP(=O)([O-])OCC[N+](C)(C)C)C(O)CCCCCCCCCCCCCCCCCCCCCC. The summed E-state index contributed by atoms with van der Waals surface area (Å²) in [7, 11) is 1.33. The third-order valence-electron chi connectivity index (χ3n) is 14.6. The van der Waals surface area contributed by atoms with E-state index in [0.717, 1.165) is 38.5 Å². The first kappa shape index (κ1) is 68.5. The van der Waals surface area contributed by atoms with Crippen LogP contribution in [0.5, 0.6) is 0 Å². The second-order valence-corrected chi connectivity index (χ2v) is 24.2. The topological polar surface area (TPSA) is 108 Å². The average molecular weight is 1000 g/mol. The third kappa shape index (κ3) is 55.1. The van der Waals surface area contributed by atoms with Gasteiger partial charge in [-0.2, -0.15) is 0 Å². The van der Waals surface area contributed by atoms with Crippen LogP contribution < -0.4 is 10.2 Å². The lowest BCUT2D eigenvalue weighted by Crippen LogP contribution is -2.46. The van der Waals surface area contributed by atoms with E-state index in [9.17, 15) is 19.4 Å². The van der Waals surface area contributed by atoms with Crippen LogP contribution >= 0.6 is 7.82 Å². The van der Waals surface area contributed by atoms with Gasteiger partial charge in [-0.25, -0.2) is 0 Å². The summed E-state index contributed by atoms with van der Waals surface area (Å²) in [4.78, 5) is 25.6. The molecule has 0 aliphatic rings. The van der Waals surface area contributed by atoms with Gasteiger partial charge in [-0.15, -0.1) is 0 Å². The van der Waals surface area contributed by atoms with Crippen molar-refractivity contribution in [1.82, 2.24) is 5.32 Å². The van der Waals surface area contributed by atoms with Crippen molar-refractivity contribution in [1.29, 1.82) is 0 Å². The second-order valence-electron chi connectivity index (χ2n) is 22.8. The molecular formula is C60H123N2O6P. The maximum Gasteiger partial charge on any atom is 0.268 e. The molecular weight excluding hydrogens is 876 g/mol. The van der Waals surface area contributed by atoms with Crippen molar-refractivity contribution >= 4 is 13.7 Å². The Morgan fingerprint density at radius 3 is 0.986 bits per heavy atom. The Hall–Kier alpha value is -0.500. The molecule has 0 radical (unpaired) electrons. The number of hydrogen-bond donors (Lipinski definition) is 2. The van der Waals surface area contributed by atoms with Gasteiger partial charge >= 0.3 is 0 Å². The first-order chi connectivity index (χ1) is 33.5. The quantitative estimate of drug-likeness (QED) is 0.0357. The molecule has 0 bridgehead atoms. The minimum Gasteiger partial charge on any atom is -0.756 e. The van der Waals surface area contributed by atoms with Crippen molar-refractivity contribution in [2.24, 2.45) is 0 Å². The van der Waals surface area contributed by atoms with Crippen LogP contribution in [0.2, 0.25) is 0 Å². The van der Waals surface area contributed by atoms with Gasteiger partial charge in [0.05, 0.1) is 39.9 Å². The Labute approximate surface area is 431 Å². The summed E-state index contributed by atoms with van der Waals surface area (Å²) in [6.07, 6.45) is 62.9. The highest BCUT2D eigenvalue weighted by Crippen LogP contribution is 2.38. The molecule has 414 valence electrons. The molecule has 2 N–H and O–H groups in total. The van der Waals surface area contributed by atoms with Crippen LogP contribution in [0.25, 0.3) is 0 Å². The molecule has 0 spiro atoms. The number of nitrogens with one attached hydrogen (secondary N) is 1. The van der Waals surface area contributed by atoms with E-state index in [4.69, 9.17) is 9.05 Å². The second kappa shape index (κ2) is 52.4. The predicted molar refractivity (Wildman–Crippen MR) is 298 cm³/mol. The highest BCUT2D eigenvalue weighted by molar-refractivity contribution is 7.45. The van der Waals surface area contributed by atoms with Crippen molar-refractivity contribution in [2.45, 2.75) is 341 Å². The smallest absolute Gasteiger partial charge is 0.268 e. The van der Waals surface area contributed by atoms with Crippen LogP contribution in [-0.2, 0) is 18.4 Å². The zero-order chi connectivity index (χ0) is 50.6. The van der Waals surface area contributed by atoms with E-state index in [-0.39, 0.29) is 19.1 Å². The summed E-state index contributed by atoms with van der Waals surface area (Å²) in [6, 6.07) is -0.795. The van der Waals surface area contributed by atoms with Crippen molar-refractivity contribution in [3.8, 4) is 0 Å². The molecule has 0 rings (SSSR count). The fourth-order valence-electron chi connectivity index (χ4n) is 9.75. The first-order valence-electron chi connectivity index (χ1n) is 30.9. The van der Waals surface area contributed by atoms with Crippen molar-refractivity contribution in [3.05, 3.63) is 0 Å². The molecule has 9 heteroatoms. The molecule has 0 aromatic heterocycles. The number of phosphoric acid groups is 1. The molecule has 3 atom stereocenters. The average Bonchev–Trinajstić information content (AvgIpc) is 3.31. The van der Waals surface area contributed by atoms with Crippen molar-refractivity contribution < 1.29 is 32.9 Å². The van der Waals surface area contributed by atoms with E-state index in [2.05, 4.69) is 19.2 Å². The highest BCUT2D eigenvalue weighted by atomic mass is 31.2. The number of likely N-dealkylation sites (N-methyl/N-ethyl adjacent to an activating group) is 1. The summed E-state index contributed by atoms with van der Waals surface area (Å²) in [6.45, 7) is 4.79. The molecule has 0 aliphatic carbocycles. The molecule has 0 saturated heterocycles. The van der Waals surface area contributed by atoms with Gasteiger partial charge in [0.1, 0.15) is 13.2 Å². The van der Waals surface area contributed by atoms with Crippen LogP contribution in [0.1, 0.15) is 328 Å². The summed E-state index contributed by atoms with van der Waals surface area (Å²) in [5.74, 6) is -0.155. The minimum absolute atomic E-state index is 0.0168. The maximum absolute atomic E-state index is 13.0. The van der Waals surface area contributed by atoms with E-state index in [1.165, 1.54) is 263 Å². The van der Waals surface area contributed by atoms with E-state index in [0.29, 0.717) is 23.9 Å². The Bertz CT molecular complexity index is 1090. The normalized spacial score (nSPS) is 13.8. The predicted octanol–water partition coefficient (Wildman–Crippen LogP) is 18.2. The fourth-order valence-corrected chi connectivity index (χ4v) is 10.5. The Kier molecular flexibility index (Phi) is 52.0. The van der Waals surface area contributed by atoms with Crippen LogP contribution in [0, 0.1) is 0 Å². The van der Waals surface area contributed by atoms with Gasteiger partial charge in [0.2, 0.25) is 5.91 Å². The Morgan fingerprint density at radius 2 is 0.710 bits per heavy atom. The number of nitrogens with zero attached hydrogens (tertiary/aromatic N) is 1. The number of carbonyl (C=O) groups excluding carboxylic acids is 1. The van der Waals surface area contributed by atoms with E-state index in [1.54, 1.807) is 0 Å². The standard InChI is InChI=1S/C60H123N2O6P/c1-6-8-10-12-14-16-18-20-22-24-26-28-29-30-31-32-33-34-36-38-40-42-44-46-48-50-52-54-60(64)61-58(57-68-69(65,66)67-56-55-62(3,4)5)59(63)53-51-49-47-45-43-41-39-37-35-27-25-23-21-19-17-15-13-11-9-7-2/h58-59,63H,6-57H2,1-5H3,(H-,61,64,65,66). The number of carbonyl (C=O) groups is 1. The van der Waals surface area contributed by atoms with Crippen molar-refractivity contribution in [3.63, 3.8) is 0 Å². The number of phosphoric ester groups is 1. The monoisotopic (exact) mass is 999 g/mol. The number of rotatable bonds is 58. The largest absolute Gasteiger partial charge is 0.756 e. The summed E-state index contributed by atoms with van der Waals surface area (Å²) < 4.78 is 23.5. The molecule has 0 heterocycles. The van der Waals surface area contributed by atoms with E-state index in [1.807, 2.05) is 21.1 Å².